The molecule has 1 amide bonds. The van der Waals surface area contributed by atoms with Crippen molar-refractivity contribution < 1.29 is 9.53 Å². The van der Waals surface area contributed by atoms with Gasteiger partial charge in [-0.1, -0.05) is 6.07 Å². The summed E-state index contributed by atoms with van der Waals surface area (Å²) in [4.78, 5) is 26.0. The lowest BCUT2D eigenvalue weighted by Crippen LogP contribution is -2.31. The zero-order valence-corrected chi connectivity index (χ0v) is 11.7. The van der Waals surface area contributed by atoms with E-state index < -0.39 is 0 Å². The quantitative estimate of drug-likeness (QED) is 0.840. The molecule has 1 fully saturated rings. The first-order valence-electron chi connectivity index (χ1n) is 6.86. The van der Waals surface area contributed by atoms with E-state index in [1.807, 2.05) is 6.07 Å². The molecule has 0 spiro atoms. The molecule has 1 aliphatic rings. The number of hydrogen-bond donors (Lipinski definition) is 0. The third kappa shape index (κ3) is 2.86. The van der Waals surface area contributed by atoms with Crippen molar-refractivity contribution >= 4 is 5.91 Å². The van der Waals surface area contributed by atoms with Crippen molar-refractivity contribution in [3.05, 3.63) is 48.2 Å². The fourth-order valence-corrected chi connectivity index (χ4v) is 2.31. The Kier molecular flexibility index (Phi) is 3.92. The van der Waals surface area contributed by atoms with Crippen molar-refractivity contribution in [2.24, 2.45) is 0 Å². The Labute approximate surface area is 127 Å². The van der Waals surface area contributed by atoms with E-state index in [-0.39, 0.29) is 23.6 Å². The van der Waals surface area contributed by atoms with Gasteiger partial charge in [-0.05, 0) is 12.1 Å². The third-order valence-corrected chi connectivity index (χ3v) is 3.37. The Morgan fingerprint density at radius 2 is 2.14 bits per heavy atom. The van der Waals surface area contributed by atoms with E-state index >= 15 is 0 Å². The molecule has 1 saturated heterocycles. The van der Waals surface area contributed by atoms with Crippen molar-refractivity contribution in [3.8, 4) is 11.9 Å². The van der Waals surface area contributed by atoms with Crippen molar-refractivity contribution in [2.45, 2.75) is 12.5 Å². The zero-order valence-electron chi connectivity index (χ0n) is 11.7. The highest BCUT2D eigenvalue weighted by Gasteiger charge is 2.29. The van der Waals surface area contributed by atoms with Crippen molar-refractivity contribution in [1.82, 2.24) is 19.9 Å². The molecule has 0 radical (unpaired) electrons. The monoisotopic (exact) mass is 295 g/mol. The first kappa shape index (κ1) is 13.9. The molecule has 1 unspecified atom stereocenters. The van der Waals surface area contributed by atoms with Crippen LogP contribution in [0.15, 0.2) is 36.8 Å². The molecular weight excluding hydrogens is 282 g/mol. The van der Waals surface area contributed by atoms with Crippen molar-refractivity contribution in [1.29, 1.82) is 5.26 Å². The molecule has 0 saturated carbocycles. The molecule has 0 aromatic carbocycles. The molecule has 3 heterocycles. The molecule has 7 nitrogen and oxygen atoms in total. The molecule has 7 heteroatoms. The topological polar surface area (TPSA) is 92.0 Å². The first-order chi connectivity index (χ1) is 10.8. The Balaban J connectivity index is 1.66. The van der Waals surface area contributed by atoms with Gasteiger partial charge in [0.1, 0.15) is 17.9 Å². The molecule has 2 aromatic rings. The molecule has 1 atom stereocenters. The number of carbonyl (C=O) groups is 1. The molecular formula is C15H13N5O2. The smallest absolute Gasteiger partial charge is 0.272 e. The van der Waals surface area contributed by atoms with E-state index in [2.05, 4.69) is 15.0 Å². The van der Waals surface area contributed by atoms with Crippen LogP contribution in [-0.4, -0.2) is 45.0 Å². The van der Waals surface area contributed by atoms with Crippen LogP contribution in [0.3, 0.4) is 0 Å². The lowest BCUT2D eigenvalue weighted by atomic mass is 10.3. The third-order valence-electron chi connectivity index (χ3n) is 3.37. The van der Waals surface area contributed by atoms with E-state index in [9.17, 15) is 4.79 Å². The Morgan fingerprint density at radius 1 is 1.27 bits per heavy atom. The van der Waals surface area contributed by atoms with Gasteiger partial charge in [0, 0.05) is 31.6 Å². The van der Waals surface area contributed by atoms with Crippen molar-refractivity contribution in [3.63, 3.8) is 0 Å². The molecule has 1 aliphatic heterocycles. The minimum absolute atomic E-state index is 0.119. The summed E-state index contributed by atoms with van der Waals surface area (Å²) < 4.78 is 5.70. The molecule has 0 aliphatic carbocycles. The van der Waals surface area contributed by atoms with Gasteiger partial charge in [0.25, 0.3) is 11.8 Å². The number of hydrogen-bond acceptors (Lipinski definition) is 6. The highest BCUT2D eigenvalue weighted by atomic mass is 16.5. The lowest BCUT2D eigenvalue weighted by Gasteiger charge is -2.16. The van der Waals surface area contributed by atoms with Crippen LogP contribution < -0.4 is 4.74 Å². The highest BCUT2D eigenvalue weighted by Crippen LogP contribution is 2.19. The van der Waals surface area contributed by atoms with Crippen LogP contribution in [0, 0.1) is 11.3 Å². The van der Waals surface area contributed by atoms with Crippen LogP contribution in [0.4, 0.5) is 0 Å². The maximum atomic E-state index is 12.3. The molecule has 0 N–H and O–H groups in total. The van der Waals surface area contributed by atoms with Gasteiger partial charge < -0.3 is 9.64 Å². The summed E-state index contributed by atoms with van der Waals surface area (Å²) in [6.45, 7) is 1.03. The van der Waals surface area contributed by atoms with E-state index in [0.717, 1.165) is 0 Å². The van der Waals surface area contributed by atoms with Gasteiger partial charge in [-0.25, -0.2) is 9.97 Å². The fourth-order valence-electron chi connectivity index (χ4n) is 2.31. The van der Waals surface area contributed by atoms with E-state index in [4.69, 9.17) is 10.00 Å². The van der Waals surface area contributed by atoms with Crippen LogP contribution >= 0.6 is 0 Å². The summed E-state index contributed by atoms with van der Waals surface area (Å²) in [5.74, 6) is 0.0912. The summed E-state index contributed by atoms with van der Waals surface area (Å²) in [5, 5.41) is 8.98. The van der Waals surface area contributed by atoms with Crippen LogP contribution in [0.25, 0.3) is 0 Å². The number of carbonyl (C=O) groups excluding carboxylic acids is 1. The van der Waals surface area contributed by atoms with Gasteiger partial charge in [-0.3, -0.25) is 9.78 Å². The maximum Gasteiger partial charge on any atom is 0.272 e. The summed E-state index contributed by atoms with van der Waals surface area (Å²) in [6.07, 6.45) is 4.99. The molecule has 0 bridgehead atoms. The van der Waals surface area contributed by atoms with Gasteiger partial charge in [-0.15, -0.1) is 0 Å². The average Bonchev–Trinajstić information content (AvgIpc) is 3.04. The summed E-state index contributed by atoms with van der Waals surface area (Å²) >= 11 is 0. The minimum atomic E-state index is -0.198. The predicted octanol–water partition coefficient (Wildman–Crippen LogP) is 1.04. The van der Waals surface area contributed by atoms with Gasteiger partial charge in [0.05, 0.1) is 6.54 Å². The van der Waals surface area contributed by atoms with Crippen LogP contribution in [0.2, 0.25) is 0 Å². The van der Waals surface area contributed by atoms with Crippen molar-refractivity contribution in [2.75, 3.05) is 13.1 Å². The van der Waals surface area contributed by atoms with E-state index in [1.165, 1.54) is 12.4 Å². The molecule has 3 rings (SSSR count). The Bertz CT molecular complexity index is 713. The van der Waals surface area contributed by atoms with Crippen LogP contribution in [0.1, 0.15) is 22.6 Å². The maximum absolute atomic E-state index is 12.3. The molecule has 2 aromatic heterocycles. The predicted molar refractivity (Wildman–Crippen MR) is 75.9 cm³/mol. The number of amides is 1. The number of aromatic nitrogens is 3. The Morgan fingerprint density at radius 3 is 2.91 bits per heavy atom. The number of pyridine rings is 1. The second-order valence-electron chi connectivity index (χ2n) is 4.82. The molecule has 110 valence electrons. The number of nitrogens with zero attached hydrogens (tertiary/aromatic N) is 5. The second kappa shape index (κ2) is 6.18. The van der Waals surface area contributed by atoms with E-state index in [0.29, 0.717) is 25.2 Å². The average molecular weight is 295 g/mol. The standard InChI is InChI=1S/C15H13N5O2/c16-9-13-14(19-7-6-18-13)22-11-4-8-20(10-11)15(21)12-3-1-2-5-17-12/h1-3,5-7,11H,4,8,10H2. The van der Waals surface area contributed by atoms with E-state index in [1.54, 1.807) is 29.3 Å². The summed E-state index contributed by atoms with van der Waals surface area (Å²) in [7, 11) is 0. The fraction of sp³-hybridized carbons (Fsp3) is 0.267. The highest BCUT2D eigenvalue weighted by molar-refractivity contribution is 5.92. The second-order valence-corrected chi connectivity index (χ2v) is 4.82. The number of nitriles is 1. The largest absolute Gasteiger partial charge is 0.470 e. The van der Waals surface area contributed by atoms with Gasteiger partial charge in [0.15, 0.2) is 0 Å². The molecule has 22 heavy (non-hydrogen) atoms. The normalized spacial score (nSPS) is 17.0. The van der Waals surface area contributed by atoms with Crippen LogP contribution in [0.5, 0.6) is 5.88 Å². The number of rotatable bonds is 3. The number of ether oxygens (including phenoxy) is 1. The summed E-state index contributed by atoms with van der Waals surface area (Å²) in [5.41, 5.74) is 0.567. The van der Waals surface area contributed by atoms with Gasteiger partial charge in [-0.2, -0.15) is 5.26 Å². The lowest BCUT2D eigenvalue weighted by molar-refractivity contribution is 0.0765. The minimum Gasteiger partial charge on any atom is -0.470 e. The SMILES string of the molecule is N#Cc1nccnc1OC1CCN(C(=O)c2ccccn2)C1. The Hall–Kier alpha value is -3.01. The van der Waals surface area contributed by atoms with Gasteiger partial charge >= 0.3 is 0 Å². The zero-order chi connectivity index (χ0) is 15.4. The first-order valence-corrected chi connectivity index (χ1v) is 6.86. The number of likely N-dealkylation sites (tertiary alicyclic amines) is 1. The van der Waals surface area contributed by atoms with Crippen LogP contribution in [-0.2, 0) is 0 Å². The summed E-state index contributed by atoms with van der Waals surface area (Å²) in [6, 6.07) is 7.18. The van der Waals surface area contributed by atoms with Gasteiger partial charge in [0.2, 0.25) is 5.69 Å².